The summed E-state index contributed by atoms with van der Waals surface area (Å²) in [5, 5.41) is 6.57. The minimum atomic E-state index is -0.0438. The molecule has 0 radical (unpaired) electrons. The van der Waals surface area contributed by atoms with Crippen molar-refractivity contribution in [2.24, 2.45) is 0 Å². The van der Waals surface area contributed by atoms with Gasteiger partial charge in [-0.3, -0.25) is 0 Å². The molecule has 0 spiro atoms. The Hall–Kier alpha value is -1.32. The maximum absolute atomic E-state index is 5.46. The zero-order valence-corrected chi connectivity index (χ0v) is 10.9. The van der Waals surface area contributed by atoms with Crippen LogP contribution >= 0.6 is 0 Å². The lowest BCUT2D eigenvalue weighted by molar-refractivity contribution is 0.0843. The van der Waals surface area contributed by atoms with Gasteiger partial charge < -0.3 is 15.4 Å². The maximum atomic E-state index is 5.46. The average Bonchev–Trinajstić information content (AvgIpc) is 2.36. The Morgan fingerprint density at radius 3 is 2.82 bits per heavy atom. The van der Waals surface area contributed by atoms with Crippen molar-refractivity contribution in [1.82, 2.24) is 10.6 Å². The molecule has 0 bridgehead atoms. The molecule has 1 aromatic rings. The maximum Gasteiger partial charge on any atom is 0.153 e. The number of fused-ring (bicyclic) bond motifs is 1. The summed E-state index contributed by atoms with van der Waals surface area (Å²) in [6.45, 7) is 4.26. The fourth-order valence-corrected chi connectivity index (χ4v) is 2.20. The summed E-state index contributed by atoms with van der Waals surface area (Å²) < 4.78 is 5.46. The van der Waals surface area contributed by atoms with Crippen molar-refractivity contribution in [1.29, 1.82) is 0 Å². The third kappa shape index (κ3) is 2.21. The average molecular weight is 232 g/mol. The van der Waals surface area contributed by atoms with Crippen LogP contribution in [0, 0.1) is 6.92 Å². The summed E-state index contributed by atoms with van der Waals surface area (Å²) in [7, 11) is 3.70. The van der Waals surface area contributed by atoms with Gasteiger partial charge in [-0.05, 0) is 32.0 Å². The van der Waals surface area contributed by atoms with Crippen LogP contribution in [0.4, 0.5) is 0 Å². The molecule has 1 aliphatic heterocycles. The van der Waals surface area contributed by atoms with Gasteiger partial charge in [0.25, 0.3) is 0 Å². The SMILES string of the molecule is CNC(C)C1=CNC(OC)c2cc(C)ccc21. The van der Waals surface area contributed by atoms with E-state index in [1.807, 2.05) is 13.2 Å². The van der Waals surface area contributed by atoms with Crippen LogP contribution in [0.25, 0.3) is 5.57 Å². The summed E-state index contributed by atoms with van der Waals surface area (Å²) in [4.78, 5) is 0. The van der Waals surface area contributed by atoms with Crippen LogP contribution in [-0.2, 0) is 4.74 Å². The molecular weight excluding hydrogens is 212 g/mol. The fraction of sp³-hybridized carbons (Fsp3) is 0.429. The Labute approximate surface area is 103 Å². The second kappa shape index (κ2) is 4.90. The number of nitrogens with one attached hydrogen (secondary N) is 2. The van der Waals surface area contributed by atoms with Gasteiger partial charge in [0, 0.05) is 24.9 Å². The molecule has 92 valence electrons. The van der Waals surface area contributed by atoms with E-state index in [0.29, 0.717) is 6.04 Å². The van der Waals surface area contributed by atoms with E-state index in [1.54, 1.807) is 7.11 Å². The number of hydrogen-bond donors (Lipinski definition) is 2. The summed E-state index contributed by atoms with van der Waals surface area (Å²) in [6, 6.07) is 6.83. The zero-order chi connectivity index (χ0) is 12.4. The Morgan fingerprint density at radius 2 is 2.18 bits per heavy atom. The smallest absolute Gasteiger partial charge is 0.153 e. The third-order valence-corrected chi connectivity index (χ3v) is 3.33. The van der Waals surface area contributed by atoms with Gasteiger partial charge in [-0.2, -0.15) is 0 Å². The van der Waals surface area contributed by atoms with Crippen molar-refractivity contribution < 1.29 is 4.74 Å². The van der Waals surface area contributed by atoms with Gasteiger partial charge in [-0.1, -0.05) is 23.8 Å². The van der Waals surface area contributed by atoms with Gasteiger partial charge in [0.05, 0.1) is 0 Å². The summed E-state index contributed by atoms with van der Waals surface area (Å²) >= 11 is 0. The molecular formula is C14H20N2O. The Morgan fingerprint density at radius 1 is 1.41 bits per heavy atom. The molecule has 3 nitrogen and oxygen atoms in total. The van der Waals surface area contributed by atoms with Gasteiger partial charge >= 0.3 is 0 Å². The first-order valence-electron chi connectivity index (χ1n) is 5.94. The molecule has 1 heterocycles. The number of aryl methyl sites for hydroxylation is 1. The van der Waals surface area contributed by atoms with Crippen LogP contribution in [0.2, 0.25) is 0 Å². The number of likely N-dealkylation sites (N-methyl/N-ethyl adjacent to an activating group) is 1. The van der Waals surface area contributed by atoms with E-state index < -0.39 is 0 Å². The highest BCUT2D eigenvalue weighted by Crippen LogP contribution is 2.31. The fourth-order valence-electron chi connectivity index (χ4n) is 2.20. The van der Waals surface area contributed by atoms with Crippen LogP contribution < -0.4 is 10.6 Å². The molecule has 0 amide bonds. The Kier molecular flexibility index (Phi) is 3.50. The quantitative estimate of drug-likeness (QED) is 0.838. The molecule has 2 atom stereocenters. The molecule has 2 unspecified atom stereocenters. The third-order valence-electron chi connectivity index (χ3n) is 3.33. The van der Waals surface area contributed by atoms with Crippen LogP contribution in [0.5, 0.6) is 0 Å². The summed E-state index contributed by atoms with van der Waals surface area (Å²) in [6.07, 6.45) is 2.00. The number of hydrogen-bond acceptors (Lipinski definition) is 3. The second-order valence-corrected chi connectivity index (χ2v) is 4.48. The minimum Gasteiger partial charge on any atom is -0.362 e. The van der Waals surface area contributed by atoms with E-state index in [9.17, 15) is 0 Å². The molecule has 3 heteroatoms. The predicted octanol–water partition coefficient (Wildman–Crippen LogP) is 2.19. The highest BCUT2D eigenvalue weighted by atomic mass is 16.5. The molecule has 0 saturated heterocycles. The monoisotopic (exact) mass is 232 g/mol. The van der Waals surface area contributed by atoms with Crippen LogP contribution in [-0.4, -0.2) is 20.2 Å². The van der Waals surface area contributed by atoms with Crippen LogP contribution in [0.1, 0.15) is 29.8 Å². The number of ether oxygens (including phenoxy) is 1. The first kappa shape index (κ1) is 12.1. The van der Waals surface area contributed by atoms with Gasteiger partial charge in [-0.15, -0.1) is 0 Å². The lowest BCUT2D eigenvalue weighted by Gasteiger charge is -2.29. The van der Waals surface area contributed by atoms with Crippen molar-refractivity contribution in [2.75, 3.05) is 14.2 Å². The molecule has 0 aliphatic carbocycles. The lowest BCUT2D eigenvalue weighted by atomic mass is 9.91. The first-order valence-corrected chi connectivity index (χ1v) is 5.94. The topological polar surface area (TPSA) is 33.3 Å². The lowest BCUT2D eigenvalue weighted by Crippen LogP contribution is -2.30. The van der Waals surface area contributed by atoms with Gasteiger partial charge in [0.2, 0.25) is 0 Å². The standard InChI is InChI=1S/C14H20N2O/c1-9-5-6-11-12(7-9)14(17-4)16-8-13(11)10(2)15-3/h5-8,10,14-16H,1-4H3. The van der Waals surface area contributed by atoms with E-state index in [1.165, 1.54) is 22.3 Å². The summed E-state index contributed by atoms with van der Waals surface area (Å²) in [5.74, 6) is 0. The number of rotatable bonds is 3. The molecule has 0 fully saturated rings. The normalized spacial score (nSPS) is 20.2. The Bertz CT molecular complexity index is 440. The van der Waals surface area contributed by atoms with Crippen LogP contribution in [0.3, 0.4) is 0 Å². The number of benzene rings is 1. The molecule has 17 heavy (non-hydrogen) atoms. The molecule has 0 aromatic heterocycles. The van der Waals surface area contributed by atoms with Gasteiger partial charge in [0.15, 0.2) is 6.23 Å². The van der Waals surface area contributed by atoms with E-state index in [4.69, 9.17) is 4.74 Å². The number of methoxy groups -OCH3 is 1. The molecule has 1 aliphatic rings. The molecule has 0 saturated carbocycles. The van der Waals surface area contributed by atoms with E-state index in [2.05, 4.69) is 42.7 Å². The summed E-state index contributed by atoms with van der Waals surface area (Å²) in [5.41, 5.74) is 5.01. The van der Waals surface area contributed by atoms with Gasteiger partial charge in [0.1, 0.15) is 0 Å². The molecule has 2 N–H and O–H groups in total. The van der Waals surface area contributed by atoms with Crippen molar-refractivity contribution in [3.05, 3.63) is 41.1 Å². The van der Waals surface area contributed by atoms with Crippen LogP contribution in [0.15, 0.2) is 24.4 Å². The van der Waals surface area contributed by atoms with Crippen molar-refractivity contribution in [2.45, 2.75) is 26.1 Å². The largest absolute Gasteiger partial charge is 0.362 e. The molecule has 1 aromatic carbocycles. The minimum absolute atomic E-state index is 0.0438. The van der Waals surface area contributed by atoms with E-state index in [0.717, 1.165) is 0 Å². The van der Waals surface area contributed by atoms with E-state index >= 15 is 0 Å². The van der Waals surface area contributed by atoms with Crippen molar-refractivity contribution >= 4 is 5.57 Å². The molecule has 2 rings (SSSR count). The second-order valence-electron chi connectivity index (χ2n) is 4.48. The zero-order valence-electron chi connectivity index (χ0n) is 10.9. The van der Waals surface area contributed by atoms with Gasteiger partial charge in [-0.25, -0.2) is 0 Å². The highest BCUT2D eigenvalue weighted by Gasteiger charge is 2.23. The van der Waals surface area contributed by atoms with Crippen molar-refractivity contribution in [3.8, 4) is 0 Å². The first-order chi connectivity index (χ1) is 8.17. The Balaban J connectivity index is 2.47. The predicted molar refractivity (Wildman–Crippen MR) is 70.6 cm³/mol. The van der Waals surface area contributed by atoms with Crippen molar-refractivity contribution in [3.63, 3.8) is 0 Å². The van der Waals surface area contributed by atoms with E-state index in [-0.39, 0.29) is 6.23 Å². The highest BCUT2D eigenvalue weighted by molar-refractivity contribution is 5.73.